The summed E-state index contributed by atoms with van der Waals surface area (Å²) in [6, 6.07) is 7.21. The van der Waals surface area contributed by atoms with Crippen molar-refractivity contribution in [3.05, 3.63) is 29.8 Å². The molecule has 2 fully saturated rings. The van der Waals surface area contributed by atoms with Gasteiger partial charge in [-0.2, -0.15) is 0 Å². The molecule has 1 aromatic rings. The number of methoxy groups -OCH3 is 2. The van der Waals surface area contributed by atoms with E-state index in [2.05, 4.69) is 4.90 Å². The molecule has 1 atom stereocenters. The third-order valence-corrected chi connectivity index (χ3v) is 5.41. The standard InChI is InChI=1S/C20H29N3O4/c1-26-14-13-23-10-7-18(20(23)25)21-8-4-9-22(12-11-21)19(24)16-5-3-6-17(15-16)27-2/h3,5-6,15,18H,4,7-14H2,1-2H3/t18-/m1/s1. The predicted molar refractivity (Wildman–Crippen MR) is 102 cm³/mol. The number of ether oxygens (including phenoxy) is 2. The number of carbonyl (C=O) groups is 2. The summed E-state index contributed by atoms with van der Waals surface area (Å²) in [5.74, 6) is 0.903. The summed E-state index contributed by atoms with van der Waals surface area (Å²) in [6.07, 6.45) is 1.73. The Hall–Kier alpha value is -2.12. The highest BCUT2D eigenvalue weighted by molar-refractivity contribution is 5.94. The van der Waals surface area contributed by atoms with Crippen LogP contribution < -0.4 is 4.74 Å². The summed E-state index contributed by atoms with van der Waals surface area (Å²) in [4.78, 5) is 31.5. The molecule has 1 aromatic carbocycles. The molecule has 3 rings (SSSR count). The smallest absolute Gasteiger partial charge is 0.254 e. The topological polar surface area (TPSA) is 62.3 Å². The Balaban J connectivity index is 1.59. The SMILES string of the molecule is COCCN1CC[C@@H](N2CCCN(C(=O)c3cccc(OC)c3)CC2)C1=O. The Morgan fingerprint density at radius 1 is 1.15 bits per heavy atom. The fourth-order valence-electron chi connectivity index (χ4n) is 3.88. The minimum absolute atomic E-state index is 0.0234. The largest absolute Gasteiger partial charge is 0.497 e. The van der Waals surface area contributed by atoms with Crippen LogP contribution in [0.3, 0.4) is 0 Å². The Labute approximate surface area is 160 Å². The van der Waals surface area contributed by atoms with Crippen LogP contribution in [0.4, 0.5) is 0 Å². The Kier molecular flexibility index (Phi) is 6.68. The van der Waals surface area contributed by atoms with Crippen LogP contribution >= 0.6 is 0 Å². The van der Waals surface area contributed by atoms with Gasteiger partial charge in [0.05, 0.1) is 19.8 Å². The van der Waals surface area contributed by atoms with Gasteiger partial charge in [-0.1, -0.05) is 6.07 Å². The highest BCUT2D eigenvalue weighted by Gasteiger charge is 2.36. The van der Waals surface area contributed by atoms with Crippen LogP contribution in [0, 0.1) is 0 Å². The van der Waals surface area contributed by atoms with Gasteiger partial charge in [0.15, 0.2) is 0 Å². The summed E-state index contributed by atoms with van der Waals surface area (Å²) in [5, 5.41) is 0. The van der Waals surface area contributed by atoms with Crippen LogP contribution in [0.25, 0.3) is 0 Å². The molecule has 2 aliphatic rings. The van der Waals surface area contributed by atoms with Gasteiger partial charge in [-0.25, -0.2) is 0 Å². The van der Waals surface area contributed by atoms with Gasteiger partial charge in [-0.15, -0.1) is 0 Å². The van der Waals surface area contributed by atoms with E-state index in [0.29, 0.717) is 37.6 Å². The fraction of sp³-hybridized carbons (Fsp3) is 0.600. The third-order valence-electron chi connectivity index (χ3n) is 5.41. The van der Waals surface area contributed by atoms with E-state index in [0.717, 1.165) is 32.5 Å². The number of amides is 2. The van der Waals surface area contributed by atoms with Gasteiger partial charge >= 0.3 is 0 Å². The van der Waals surface area contributed by atoms with Crippen LogP contribution in [0.1, 0.15) is 23.2 Å². The van der Waals surface area contributed by atoms with Crippen molar-refractivity contribution in [2.24, 2.45) is 0 Å². The van der Waals surface area contributed by atoms with Gasteiger partial charge in [-0.3, -0.25) is 14.5 Å². The maximum atomic E-state index is 12.8. The lowest BCUT2D eigenvalue weighted by atomic mass is 10.2. The van der Waals surface area contributed by atoms with E-state index in [1.54, 1.807) is 20.3 Å². The third kappa shape index (κ3) is 4.59. The van der Waals surface area contributed by atoms with E-state index < -0.39 is 0 Å². The first-order valence-electron chi connectivity index (χ1n) is 9.59. The molecule has 0 saturated carbocycles. The fourth-order valence-corrected chi connectivity index (χ4v) is 3.88. The summed E-state index contributed by atoms with van der Waals surface area (Å²) in [5.41, 5.74) is 0.644. The molecule has 0 bridgehead atoms. The van der Waals surface area contributed by atoms with Crippen LogP contribution in [0.2, 0.25) is 0 Å². The molecule has 0 aromatic heterocycles. The highest BCUT2D eigenvalue weighted by atomic mass is 16.5. The number of likely N-dealkylation sites (tertiary alicyclic amines) is 1. The van der Waals surface area contributed by atoms with Crippen molar-refractivity contribution in [1.82, 2.24) is 14.7 Å². The van der Waals surface area contributed by atoms with E-state index in [9.17, 15) is 9.59 Å². The zero-order chi connectivity index (χ0) is 19.2. The molecule has 0 unspecified atom stereocenters. The first-order chi connectivity index (χ1) is 13.1. The highest BCUT2D eigenvalue weighted by Crippen LogP contribution is 2.20. The average molecular weight is 375 g/mol. The number of hydrogen-bond acceptors (Lipinski definition) is 5. The maximum absolute atomic E-state index is 12.8. The summed E-state index contributed by atoms with van der Waals surface area (Å²) >= 11 is 0. The van der Waals surface area contributed by atoms with Crippen molar-refractivity contribution in [2.45, 2.75) is 18.9 Å². The first kappa shape index (κ1) is 19.6. The molecule has 0 radical (unpaired) electrons. The minimum atomic E-state index is -0.0614. The van der Waals surface area contributed by atoms with Crippen molar-refractivity contribution in [2.75, 3.05) is 60.1 Å². The monoisotopic (exact) mass is 375 g/mol. The molecule has 0 spiro atoms. The van der Waals surface area contributed by atoms with Gasteiger partial charge in [0.25, 0.3) is 5.91 Å². The second-order valence-corrected chi connectivity index (χ2v) is 7.04. The molecule has 7 nitrogen and oxygen atoms in total. The molecule has 27 heavy (non-hydrogen) atoms. The molecular weight excluding hydrogens is 346 g/mol. The second kappa shape index (κ2) is 9.19. The number of rotatable bonds is 6. The van der Waals surface area contributed by atoms with Crippen LogP contribution in [0.15, 0.2) is 24.3 Å². The molecule has 148 valence electrons. The lowest BCUT2D eigenvalue weighted by molar-refractivity contribution is -0.132. The van der Waals surface area contributed by atoms with Gasteiger partial charge in [0, 0.05) is 51.9 Å². The van der Waals surface area contributed by atoms with E-state index in [1.165, 1.54) is 0 Å². The number of nitrogens with zero attached hydrogens (tertiary/aromatic N) is 3. The maximum Gasteiger partial charge on any atom is 0.254 e. The average Bonchev–Trinajstić information content (AvgIpc) is 2.91. The molecule has 2 amide bonds. The normalized spacial score (nSPS) is 21.4. The zero-order valence-corrected chi connectivity index (χ0v) is 16.2. The Morgan fingerprint density at radius 3 is 2.78 bits per heavy atom. The minimum Gasteiger partial charge on any atom is -0.497 e. The van der Waals surface area contributed by atoms with Crippen molar-refractivity contribution in [3.8, 4) is 5.75 Å². The van der Waals surface area contributed by atoms with Crippen molar-refractivity contribution in [1.29, 1.82) is 0 Å². The molecule has 2 heterocycles. The molecule has 2 aliphatic heterocycles. The number of carbonyl (C=O) groups excluding carboxylic acids is 2. The molecule has 0 aliphatic carbocycles. The van der Waals surface area contributed by atoms with E-state index in [-0.39, 0.29) is 17.9 Å². The van der Waals surface area contributed by atoms with Gasteiger partial charge in [0.1, 0.15) is 5.75 Å². The zero-order valence-electron chi connectivity index (χ0n) is 16.2. The first-order valence-corrected chi connectivity index (χ1v) is 9.59. The van der Waals surface area contributed by atoms with Crippen molar-refractivity contribution >= 4 is 11.8 Å². The Morgan fingerprint density at radius 2 is 2.00 bits per heavy atom. The van der Waals surface area contributed by atoms with Crippen molar-refractivity contribution in [3.63, 3.8) is 0 Å². The van der Waals surface area contributed by atoms with Crippen LogP contribution in [-0.2, 0) is 9.53 Å². The quantitative estimate of drug-likeness (QED) is 0.745. The van der Waals surface area contributed by atoms with Gasteiger partial charge < -0.3 is 19.3 Å². The van der Waals surface area contributed by atoms with Gasteiger partial charge in [-0.05, 0) is 31.0 Å². The Bertz CT molecular complexity index is 666. The van der Waals surface area contributed by atoms with Crippen LogP contribution in [0.5, 0.6) is 5.75 Å². The molecular formula is C20H29N3O4. The number of benzene rings is 1. The second-order valence-electron chi connectivity index (χ2n) is 7.04. The van der Waals surface area contributed by atoms with E-state index in [1.807, 2.05) is 28.0 Å². The number of hydrogen-bond donors (Lipinski definition) is 0. The van der Waals surface area contributed by atoms with E-state index in [4.69, 9.17) is 9.47 Å². The summed E-state index contributed by atoms with van der Waals surface area (Å²) in [6.45, 7) is 4.93. The lowest BCUT2D eigenvalue weighted by Gasteiger charge is -2.26. The van der Waals surface area contributed by atoms with E-state index >= 15 is 0 Å². The van der Waals surface area contributed by atoms with Crippen LogP contribution in [-0.4, -0.2) is 92.7 Å². The lowest BCUT2D eigenvalue weighted by Crippen LogP contribution is -2.44. The van der Waals surface area contributed by atoms with Gasteiger partial charge in [0.2, 0.25) is 5.91 Å². The molecule has 2 saturated heterocycles. The predicted octanol–water partition coefficient (Wildman–Crippen LogP) is 1.09. The summed E-state index contributed by atoms with van der Waals surface area (Å²) in [7, 11) is 3.25. The summed E-state index contributed by atoms with van der Waals surface area (Å²) < 4.78 is 10.3. The molecule has 7 heteroatoms. The molecule has 0 N–H and O–H groups in total. The van der Waals surface area contributed by atoms with Crippen molar-refractivity contribution < 1.29 is 19.1 Å².